The minimum absolute atomic E-state index is 0. The third-order valence-corrected chi connectivity index (χ3v) is 1.70. The van der Waals surface area contributed by atoms with E-state index in [1.165, 1.54) is 13.8 Å². The second kappa shape index (κ2) is 13.6. The first-order valence-electron chi connectivity index (χ1n) is 5.91. The van der Waals surface area contributed by atoms with Crippen molar-refractivity contribution in [3.05, 3.63) is 23.7 Å². The van der Waals surface area contributed by atoms with E-state index in [0.29, 0.717) is 12.8 Å². The number of carbonyl (C=O) groups is 2. The number of hydrogen-bond donors (Lipinski definition) is 0. The van der Waals surface area contributed by atoms with Crippen molar-refractivity contribution in [3.63, 3.8) is 0 Å². The van der Waals surface area contributed by atoms with Crippen molar-refractivity contribution >= 4 is 11.6 Å². The van der Waals surface area contributed by atoms with Crippen molar-refractivity contribution in [2.45, 2.75) is 48.0 Å². The van der Waals surface area contributed by atoms with E-state index in [9.17, 15) is 14.0 Å². The van der Waals surface area contributed by atoms with E-state index in [4.69, 9.17) is 5.79 Å². The van der Waals surface area contributed by atoms with E-state index >= 15 is 0 Å². The van der Waals surface area contributed by atoms with Gasteiger partial charge in [-0.3, -0.25) is 4.39 Å². The molecule has 0 aromatic carbocycles. The van der Waals surface area contributed by atoms with Gasteiger partial charge in [-0.15, -0.1) is 0 Å². The number of aryl methyl sites for hydroxylation is 2. The van der Waals surface area contributed by atoms with Crippen molar-refractivity contribution in [1.29, 1.82) is 0 Å². The topological polar surface area (TPSA) is 47.3 Å². The third kappa shape index (κ3) is 17.0. The molecular weight excluding hydrogens is 235 g/mol. The fourth-order valence-corrected chi connectivity index (χ4v) is 0.909. The van der Waals surface area contributed by atoms with Crippen LogP contribution in [0.3, 0.4) is 0 Å². The number of furan rings is 1. The van der Waals surface area contributed by atoms with E-state index in [2.05, 4.69) is 0 Å². The molecule has 3 nitrogen and oxygen atoms in total. The fraction of sp³-hybridized carbons (Fsp3) is 0.571. The van der Waals surface area contributed by atoms with E-state index in [1.807, 2.05) is 26.0 Å². The second-order valence-corrected chi connectivity index (χ2v) is 3.56. The molecule has 108 valence electrons. The molecule has 1 aromatic heterocycles. The Hall–Kier alpha value is -1.45. The van der Waals surface area contributed by atoms with Crippen molar-refractivity contribution in [2.24, 2.45) is 0 Å². The highest BCUT2D eigenvalue weighted by molar-refractivity contribution is 5.83. The van der Waals surface area contributed by atoms with Crippen molar-refractivity contribution < 1.29 is 21.2 Å². The molecule has 0 saturated carbocycles. The zero-order valence-electron chi connectivity index (χ0n) is 11.9. The molecule has 1 heterocycles. The Morgan fingerprint density at radius 3 is 1.61 bits per heavy atom. The molecule has 1 rings (SSSR count). The van der Waals surface area contributed by atoms with Gasteiger partial charge in [0.1, 0.15) is 23.1 Å². The zero-order chi connectivity index (χ0) is 14.6. The number of Topliss-reactive ketones (excluding diaryl/α,β-unsaturated/α-hetero) is 2. The van der Waals surface area contributed by atoms with Gasteiger partial charge in [0, 0.05) is 14.3 Å². The van der Waals surface area contributed by atoms with Crippen LogP contribution >= 0.6 is 0 Å². The minimum atomic E-state index is -1.00. The lowest BCUT2D eigenvalue weighted by atomic mass is 10.2. The maximum absolute atomic E-state index is 10.2. The summed E-state index contributed by atoms with van der Waals surface area (Å²) in [7, 11) is -1.00. The molecule has 0 unspecified atom stereocenters. The second-order valence-electron chi connectivity index (χ2n) is 3.56. The lowest BCUT2D eigenvalue weighted by Crippen LogP contribution is -1.95. The number of ketones is 2. The average Bonchev–Trinajstić information content (AvgIpc) is 2.61. The molecule has 0 N–H and O–H groups in total. The molecule has 0 aliphatic heterocycles. The summed E-state index contributed by atoms with van der Waals surface area (Å²) in [5.41, 5.74) is 0. The lowest BCUT2D eigenvalue weighted by molar-refractivity contribution is -0.122. The molecule has 0 amide bonds. The number of rotatable bonds is 3. The van der Waals surface area contributed by atoms with Crippen molar-refractivity contribution in [2.75, 3.05) is 7.15 Å². The lowest BCUT2D eigenvalue weighted by Gasteiger charge is -1.86. The number of halogens is 1. The first-order valence-corrected chi connectivity index (χ1v) is 5.20. The molecule has 0 bridgehead atoms. The van der Waals surface area contributed by atoms with Crippen molar-refractivity contribution in [1.82, 2.24) is 0 Å². The molecule has 0 atom stereocenters. The van der Waals surface area contributed by atoms with E-state index in [0.717, 1.165) is 11.5 Å². The number of alkyl halides is 1. The Balaban J connectivity index is -0.0000000992. The Labute approximate surface area is 112 Å². The van der Waals surface area contributed by atoms with Crippen LogP contribution in [-0.4, -0.2) is 18.7 Å². The molecule has 0 aliphatic rings. The molecule has 0 spiro atoms. The van der Waals surface area contributed by atoms with Crippen LogP contribution in [0.25, 0.3) is 0 Å². The van der Waals surface area contributed by atoms with Gasteiger partial charge in [-0.05, 0) is 39.8 Å². The van der Waals surface area contributed by atoms with Crippen LogP contribution in [0.4, 0.5) is 4.39 Å². The standard InChI is InChI=1S/C6H10O2.C6H8O.CH3F.CH4.H2/c1-5(7)3-4-6(2)8;1-5-3-4-6(2)7-5;1-2;;/h3-4H2,1-2H3;3-4H,1-2H3;1H3;1H4;1H/i;;1D;;. The van der Waals surface area contributed by atoms with Gasteiger partial charge in [-0.25, -0.2) is 0 Å². The highest BCUT2D eigenvalue weighted by Crippen LogP contribution is 2.02. The zero-order valence-corrected chi connectivity index (χ0v) is 10.9. The fourth-order valence-electron chi connectivity index (χ4n) is 0.909. The highest BCUT2D eigenvalue weighted by Gasteiger charge is 1.95. The summed E-state index contributed by atoms with van der Waals surface area (Å²) in [5.74, 6) is 2.13. The summed E-state index contributed by atoms with van der Waals surface area (Å²) in [6, 6.07) is 3.91. The largest absolute Gasteiger partial charge is 0.467 e. The quantitative estimate of drug-likeness (QED) is 0.816. The maximum Gasteiger partial charge on any atom is 0.130 e. The molecular formula is C14H27FO3. The summed E-state index contributed by atoms with van der Waals surface area (Å²) in [6.07, 6.45) is 0.796. The monoisotopic (exact) mass is 263 g/mol. The van der Waals surface area contributed by atoms with E-state index in [-0.39, 0.29) is 20.4 Å². The van der Waals surface area contributed by atoms with Crippen LogP contribution in [0.1, 0.15) is 48.4 Å². The number of carbonyl (C=O) groups excluding carboxylic acids is 2. The van der Waals surface area contributed by atoms with Gasteiger partial charge in [-0.1, -0.05) is 7.43 Å². The van der Waals surface area contributed by atoms with Crippen LogP contribution in [0, 0.1) is 13.8 Å². The van der Waals surface area contributed by atoms with Crippen molar-refractivity contribution in [3.8, 4) is 0 Å². The molecule has 4 heteroatoms. The van der Waals surface area contributed by atoms with Gasteiger partial charge in [0.25, 0.3) is 0 Å². The first kappa shape index (κ1) is 18.9. The Morgan fingerprint density at radius 1 is 1.22 bits per heavy atom. The molecule has 0 saturated heterocycles. The van der Waals surface area contributed by atoms with Crippen LogP contribution < -0.4 is 0 Å². The Morgan fingerprint density at radius 2 is 1.50 bits per heavy atom. The van der Waals surface area contributed by atoms with Crippen LogP contribution in [0.2, 0.25) is 0 Å². The molecule has 18 heavy (non-hydrogen) atoms. The Bertz CT molecular complexity index is 321. The van der Waals surface area contributed by atoms with Crippen LogP contribution in [-0.2, 0) is 9.59 Å². The molecule has 1 aromatic rings. The van der Waals surface area contributed by atoms with Gasteiger partial charge < -0.3 is 14.0 Å². The minimum Gasteiger partial charge on any atom is -0.467 e. The summed E-state index contributed by atoms with van der Waals surface area (Å²) in [5, 5.41) is 0. The normalized spacial score (nSPS) is 8.61. The van der Waals surface area contributed by atoms with E-state index < -0.39 is 7.15 Å². The molecule has 0 aliphatic carbocycles. The van der Waals surface area contributed by atoms with Gasteiger partial charge >= 0.3 is 0 Å². The summed E-state index contributed by atoms with van der Waals surface area (Å²) in [6.45, 7) is 6.85. The number of hydrogen-bond acceptors (Lipinski definition) is 3. The third-order valence-electron chi connectivity index (χ3n) is 1.70. The highest BCUT2D eigenvalue weighted by atomic mass is 19.1. The SMILES string of the molecule is C.CC(=O)CCC(C)=O.Cc1ccc(C)o1.[2H]CF.[HH]. The summed E-state index contributed by atoms with van der Waals surface area (Å²) in [4.78, 5) is 20.4. The summed E-state index contributed by atoms with van der Waals surface area (Å²) >= 11 is 0. The van der Waals surface area contributed by atoms with Gasteiger partial charge in [0.2, 0.25) is 0 Å². The Kier molecular flexibility index (Phi) is 14.3. The predicted molar refractivity (Wildman–Crippen MR) is 74.7 cm³/mol. The average molecular weight is 263 g/mol. The maximum atomic E-state index is 10.2. The van der Waals surface area contributed by atoms with Crippen LogP contribution in [0.5, 0.6) is 0 Å². The van der Waals surface area contributed by atoms with Gasteiger partial charge in [0.05, 0.1) is 8.52 Å². The molecule has 0 fully saturated rings. The van der Waals surface area contributed by atoms with E-state index in [1.54, 1.807) is 0 Å². The van der Waals surface area contributed by atoms with Gasteiger partial charge in [0.15, 0.2) is 0 Å². The van der Waals surface area contributed by atoms with Gasteiger partial charge in [-0.2, -0.15) is 0 Å². The smallest absolute Gasteiger partial charge is 0.130 e. The van der Waals surface area contributed by atoms with Crippen LogP contribution in [0.15, 0.2) is 16.5 Å². The predicted octanol–water partition coefficient (Wildman–Crippen LogP) is 4.31. The summed E-state index contributed by atoms with van der Waals surface area (Å²) < 4.78 is 20.6. The first-order chi connectivity index (χ1) is 8.33. The molecule has 0 radical (unpaired) electrons.